The number of sulfonamides is 1. The first-order valence-corrected chi connectivity index (χ1v) is 13.7. The van der Waals surface area contributed by atoms with Gasteiger partial charge in [-0.15, -0.1) is 11.3 Å². The number of fused-ring (bicyclic) bond motifs is 3. The molecule has 0 radical (unpaired) electrons. The second-order valence-corrected chi connectivity index (χ2v) is 12.4. The molecular weight excluding hydrogens is 452 g/mol. The van der Waals surface area contributed by atoms with Crippen LogP contribution >= 0.6 is 11.3 Å². The molecule has 1 aromatic heterocycles. The van der Waals surface area contributed by atoms with E-state index in [0.717, 1.165) is 41.8 Å². The summed E-state index contributed by atoms with van der Waals surface area (Å²) in [6, 6.07) is 19.3. The minimum absolute atomic E-state index is 0.0341. The first-order chi connectivity index (χ1) is 15.9. The Kier molecular flexibility index (Phi) is 6.12. The van der Waals surface area contributed by atoms with Crippen LogP contribution in [0.3, 0.4) is 0 Å². The predicted octanol–water partition coefficient (Wildman–Crippen LogP) is 4.71. The summed E-state index contributed by atoms with van der Waals surface area (Å²) in [4.78, 5) is 13.5. The van der Waals surface area contributed by atoms with Crippen molar-refractivity contribution in [2.24, 2.45) is 11.8 Å². The number of nitrogens with one attached hydrogen (secondary N) is 2. The molecule has 2 N–H and O–H groups in total. The Balaban J connectivity index is 1.30. The van der Waals surface area contributed by atoms with Crippen molar-refractivity contribution in [3.63, 3.8) is 0 Å². The van der Waals surface area contributed by atoms with Gasteiger partial charge >= 0.3 is 0 Å². The fraction of sp³-hybridized carbons (Fsp3) is 0.346. The number of thiophene rings is 1. The van der Waals surface area contributed by atoms with Crippen molar-refractivity contribution < 1.29 is 13.2 Å². The second-order valence-electron chi connectivity index (χ2n) is 9.21. The van der Waals surface area contributed by atoms with Crippen LogP contribution in [0, 0.1) is 18.8 Å². The Morgan fingerprint density at radius 2 is 1.70 bits per heavy atom. The van der Waals surface area contributed by atoms with E-state index in [-0.39, 0.29) is 17.9 Å². The van der Waals surface area contributed by atoms with Crippen molar-refractivity contribution in [1.29, 1.82) is 0 Å². The third kappa shape index (κ3) is 4.90. The first-order valence-electron chi connectivity index (χ1n) is 11.4. The van der Waals surface area contributed by atoms with Gasteiger partial charge < -0.3 is 5.32 Å². The zero-order chi connectivity index (χ0) is 23.0. The Hall–Kier alpha value is -2.48. The van der Waals surface area contributed by atoms with Crippen LogP contribution in [0.1, 0.15) is 34.4 Å². The SMILES string of the molecule is Cc1ccc(S(=O)(=O)NC2C3CCC2Cc2cc(NC(=O)Cc4ccccc4)ccc2C3)s1. The van der Waals surface area contributed by atoms with Gasteiger partial charge in [-0.05, 0) is 85.4 Å². The maximum atomic E-state index is 13.0. The molecule has 7 heteroatoms. The van der Waals surface area contributed by atoms with Crippen LogP contribution in [-0.2, 0) is 34.1 Å². The van der Waals surface area contributed by atoms with Crippen molar-refractivity contribution in [2.45, 2.75) is 49.3 Å². The molecule has 3 aromatic rings. The normalized spacial score (nSPS) is 21.9. The summed E-state index contributed by atoms with van der Waals surface area (Å²) < 4.78 is 29.4. The summed E-state index contributed by atoms with van der Waals surface area (Å²) in [6.07, 6.45) is 4.09. The number of rotatable bonds is 6. The number of carbonyl (C=O) groups excluding carboxylic acids is 1. The molecule has 1 saturated carbocycles. The molecule has 2 aliphatic rings. The maximum Gasteiger partial charge on any atom is 0.250 e. The molecule has 2 aromatic carbocycles. The Morgan fingerprint density at radius 1 is 0.970 bits per heavy atom. The fourth-order valence-electron chi connectivity index (χ4n) is 5.26. The summed E-state index contributed by atoms with van der Waals surface area (Å²) >= 11 is 1.32. The van der Waals surface area contributed by atoms with Crippen molar-refractivity contribution in [1.82, 2.24) is 4.72 Å². The van der Waals surface area contributed by atoms with E-state index in [1.807, 2.05) is 49.4 Å². The van der Waals surface area contributed by atoms with Gasteiger partial charge in [0.2, 0.25) is 15.9 Å². The van der Waals surface area contributed by atoms with Crippen LogP contribution < -0.4 is 10.0 Å². The highest BCUT2D eigenvalue weighted by Crippen LogP contribution is 2.41. The molecule has 33 heavy (non-hydrogen) atoms. The highest BCUT2D eigenvalue weighted by Gasteiger charge is 2.41. The monoisotopic (exact) mass is 480 g/mol. The number of anilines is 1. The zero-order valence-corrected chi connectivity index (χ0v) is 20.2. The van der Waals surface area contributed by atoms with Gasteiger partial charge in [0.25, 0.3) is 0 Å². The zero-order valence-electron chi connectivity index (χ0n) is 18.6. The minimum Gasteiger partial charge on any atom is -0.326 e. The van der Waals surface area contributed by atoms with Crippen molar-refractivity contribution in [3.8, 4) is 0 Å². The van der Waals surface area contributed by atoms with Gasteiger partial charge in [0.15, 0.2) is 0 Å². The lowest BCUT2D eigenvalue weighted by molar-refractivity contribution is -0.115. The van der Waals surface area contributed by atoms with Crippen LogP contribution in [0.2, 0.25) is 0 Å². The Bertz CT molecular complexity index is 1270. The lowest BCUT2D eigenvalue weighted by Crippen LogP contribution is -2.41. The van der Waals surface area contributed by atoms with Crippen LogP contribution in [0.25, 0.3) is 0 Å². The molecule has 2 aliphatic carbocycles. The summed E-state index contributed by atoms with van der Waals surface area (Å²) in [5, 5.41) is 3.03. The topological polar surface area (TPSA) is 75.3 Å². The number of amides is 1. The van der Waals surface area contributed by atoms with E-state index >= 15 is 0 Å². The molecule has 1 heterocycles. The molecule has 172 valence electrons. The maximum absolute atomic E-state index is 13.0. The fourth-order valence-corrected chi connectivity index (χ4v) is 7.93. The van der Waals surface area contributed by atoms with E-state index in [9.17, 15) is 13.2 Å². The standard InChI is InChI=1S/C26H28N2O3S2/c1-17-7-12-25(32-17)33(30,31)28-26-20-8-9-21(26)15-22-16-23(11-10-19(22)14-20)27-24(29)13-18-5-3-2-4-6-18/h2-7,10-12,16,20-21,26,28H,8-9,13-15H2,1H3,(H,27,29). The van der Waals surface area contributed by atoms with Gasteiger partial charge in [0.05, 0.1) is 6.42 Å². The van der Waals surface area contributed by atoms with Crippen molar-refractivity contribution in [3.05, 3.63) is 82.2 Å². The summed E-state index contributed by atoms with van der Waals surface area (Å²) in [5.41, 5.74) is 4.27. The quantitative estimate of drug-likeness (QED) is 0.537. The summed E-state index contributed by atoms with van der Waals surface area (Å²) in [6.45, 7) is 1.92. The smallest absolute Gasteiger partial charge is 0.250 e. The van der Waals surface area contributed by atoms with Crippen molar-refractivity contribution >= 4 is 33.0 Å². The van der Waals surface area contributed by atoms with E-state index in [0.29, 0.717) is 16.5 Å². The molecule has 0 aliphatic heterocycles. The molecule has 5 nitrogen and oxygen atoms in total. The van der Waals surface area contributed by atoms with E-state index in [1.165, 1.54) is 22.5 Å². The molecule has 0 spiro atoms. The van der Waals surface area contributed by atoms with Crippen LogP contribution in [0.15, 0.2) is 64.9 Å². The number of benzene rings is 2. The number of aryl methyl sites for hydroxylation is 1. The third-order valence-corrected chi connectivity index (χ3v) is 9.81. The molecule has 1 amide bonds. The van der Waals surface area contributed by atoms with Gasteiger partial charge in [-0.3, -0.25) is 4.79 Å². The van der Waals surface area contributed by atoms with Crippen LogP contribution in [0.4, 0.5) is 5.69 Å². The largest absolute Gasteiger partial charge is 0.326 e. The second kappa shape index (κ2) is 9.05. The average Bonchev–Trinajstić information content (AvgIpc) is 3.33. The van der Waals surface area contributed by atoms with Gasteiger partial charge in [-0.25, -0.2) is 13.1 Å². The van der Waals surface area contributed by atoms with E-state index in [2.05, 4.69) is 22.2 Å². The number of hydrogen-bond donors (Lipinski definition) is 2. The first kappa shape index (κ1) is 22.3. The lowest BCUT2D eigenvalue weighted by Gasteiger charge is -2.23. The molecule has 2 bridgehead atoms. The molecular formula is C26H28N2O3S2. The molecule has 1 fully saturated rings. The Labute approximate surface area is 199 Å². The molecule has 3 atom stereocenters. The minimum atomic E-state index is -3.51. The van der Waals surface area contributed by atoms with Crippen molar-refractivity contribution in [2.75, 3.05) is 5.32 Å². The summed E-state index contributed by atoms with van der Waals surface area (Å²) in [5.74, 6) is 0.529. The molecule has 3 unspecified atom stereocenters. The van der Waals surface area contributed by atoms with E-state index < -0.39 is 10.0 Å². The van der Waals surface area contributed by atoms with Gasteiger partial charge in [-0.2, -0.15) is 0 Å². The highest BCUT2D eigenvalue weighted by atomic mass is 32.2. The third-order valence-electron chi connectivity index (χ3n) is 6.86. The lowest BCUT2D eigenvalue weighted by atomic mass is 9.93. The molecule has 0 saturated heterocycles. The van der Waals surface area contributed by atoms with Crippen LogP contribution in [0.5, 0.6) is 0 Å². The van der Waals surface area contributed by atoms with Gasteiger partial charge in [0, 0.05) is 16.6 Å². The van der Waals surface area contributed by atoms with Crippen LogP contribution in [-0.4, -0.2) is 20.4 Å². The number of hydrogen-bond acceptors (Lipinski definition) is 4. The molecule has 5 rings (SSSR count). The van der Waals surface area contributed by atoms with E-state index in [4.69, 9.17) is 0 Å². The number of carbonyl (C=O) groups is 1. The Morgan fingerprint density at radius 3 is 2.39 bits per heavy atom. The predicted molar refractivity (Wildman–Crippen MR) is 132 cm³/mol. The highest BCUT2D eigenvalue weighted by molar-refractivity contribution is 7.91. The van der Waals surface area contributed by atoms with Gasteiger partial charge in [0.1, 0.15) is 4.21 Å². The summed E-state index contributed by atoms with van der Waals surface area (Å²) in [7, 11) is -3.51. The van der Waals surface area contributed by atoms with Gasteiger partial charge in [-0.1, -0.05) is 36.4 Å². The van der Waals surface area contributed by atoms with E-state index in [1.54, 1.807) is 6.07 Å². The average molecular weight is 481 g/mol.